The highest BCUT2D eigenvalue weighted by atomic mass is 35.5. The maximum atomic E-state index is 11.4. The SMILES string of the molecule is O=C(Cl)c1ccccc1C(=O)OC(Cl)Cl. The molecule has 80 valence electrons. The summed E-state index contributed by atoms with van der Waals surface area (Å²) in [6.07, 6.45) is 0. The van der Waals surface area contributed by atoms with Gasteiger partial charge in [0.2, 0.25) is 0 Å². The maximum Gasteiger partial charge on any atom is 0.341 e. The van der Waals surface area contributed by atoms with Crippen molar-refractivity contribution in [2.45, 2.75) is 5.02 Å². The number of hydrogen-bond acceptors (Lipinski definition) is 3. The summed E-state index contributed by atoms with van der Waals surface area (Å²) in [6.45, 7) is 0. The topological polar surface area (TPSA) is 43.4 Å². The molecule has 0 aliphatic heterocycles. The van der Waals surface area contributed by atoms with E-state index in [0.29, 0.717) is 0 Å². The van der Waals surface area contributed by atoms with Gasteiger partial charge in [-0.1, -0.05) is 35.3 Å². The summed E-state index contributed by atoms with van der Waals surface area (Å²) < 4.78 is 4.51. The Labute approximate surface area is 101 Å². The summed E-state index contributed by atoms with van der Waals surface area (Å²) in [5.74, 6) is -0.797. The number of ether oxygens (including phenoxy) is 1. The predicted octanol–water partition coefficient (Wildman–Crippen LogP) is 2.98. The van der Waals surface area contributed by atoms with Crippen molar-refractivity contribution in [3.8, 4) is 0 Å². The number of hydrogen-bond donors (Lipinski definition) is 0. The van der Waals surface area contributed by atoms with Crippen LogP contribution in [0.1, 0.15) is 20.7 Å². The zero-order valence-electron chi connectivity index (χ0n) is 7.25. The average molecular weight is 267 g/mol. The predicted molar refractivity (Wildman–Crippen MR) is 57.5 cm³/mol. The lowest BCUT2D eigenvalue weighted by Gasteiger charge is -2.06. The molecule has 0 spiro atoms. The first kappa shape index (κ1) is 12.3. The van der Waals surface area contributed by atoms with Crippen LogP contribution in [-0.4, -0.2) is 16.2 Å². The first-order valence-corrected chi connectivity index (χ1v) is 5.05. The lowest BCUT2D eigenvalue weighted by atomic mass is 10.1. The third-order valence-corrected chi connectivity index (χ3v) is 1.94. The second-order valence-electron chi connectivity index (χ2n) is 2.49. The summed E-state index contributed by atoms with van der Waals surface area (Å²) in [5, 5.41) is -2.03. The fraction of sp³-hybridized carbons (Fsp3) is 0.111. The molecule has 0 aliphatic rings. The van der Waals surface area contributed by atoms with Crippen LogP contribution in [0.15, 0.2) is 24.3 Å². The zero-order valence-corrected chi connectivity index (χ0v) is 9.51. The minimum Gasteiger partial charge on any atom is -0.428 e. The van der Waals surface area contributed by atoms with Crippen molar-refractivity contribution in [2.75, 3.05) is 0 Å². The highest BCUT2D eigenvalue weighted by Gasteiger charge is 2.17. The lowest BCUT2D eigenvalue weighted by Crippen LogP contribution is -2.11. The van der Waals surface area contributed by atoms with E-state index in [1.54, 1.807) is 12.1 Å². The number of carbonyl (C=O) groups excluding carboxylic acids is 2. The molecule has 0 fully saturated rings. The second-order valence-corrected chi connectivity index (χ2v) is 3.84. The van der Waals surface area contributed by atoms with Crippen molar-refractivity contribution in [1.82, 2.24) is 0 Å². The molecule has 0 heterocycles. The van der Waals surface area contributed by atoms with E-state index in [-0.39, 0.29) is 11.1 Å². The van der Waals surface area contributed by atoms with Crippen LogP contribution in [-0.2, 0) is 4.74 Å². The first-order valence-electron chi connectivity index (χ1n) is 3.80. The van der Waals surface area contributed by atoms with Crippen LogP contribution in [0.3, 0.4) is 0 Å². The number of rotatable bonds is 3. The fourth-order valence-corrected chi connectivity index (χ4v) is 1.30. The van der Waals surface area contributed by atoms with Crippen LogP contribution in [0.4, 0.5) is 0 Å². The van der Waals surface area contributed by atoms with Gasteiger partial charge in [-0.15, -0.1) is 0 Å². The Bertz CT molecular complexity index is 390. The van der Waals surface area contributed by atoms with Crippen molar-refractivity contribution in [2.24, 2.45) is 0 Å². The molecule has 0 atom stereocenters. The van der Waals surface area contributed by atoms with E-state index in [0.717, 1.165) is 0 Å². The van der Waals surface area contributed by atoms with Crippen LogP contribution in [0.5, 0.6) is 0 Å². The molecular formula is C9H5Cl3O3. The Morgan fingerprint density at radius 2 is 1.67 bits per heavy atom. The van der Waals surface area contributed by atoms with E-state index in [1.807, 2.05) is 0 Å². The normalized spacial score (nSPS) is 10.1. The molecule has 0 aliphatic carbocycles. The molecule has 0 saturated heterocycles. The van der Waals surface area contributed by atoms with Crippen LogP contribution in [0, 0.1) is 0 Å². The highest BCUT2D eigenvalue weighted by Crippen LogP contribution is 2.15. The molecule has 0 amide bonds. The molecule has 3 nitrogen and oxygen atoms in total. The number of alkyl halides is 2. The van der Waals surface area contributed by atoms with Gasteiger partial charge in [0, 0.05) is 5.56 Å². The Morgan fingerprint density at radius 3 is 2.13 bits per heavy atom. The Kier molecular flexibility index (Phi) is 4.39. The van der Waals surface area contributed by atoms with E-state index in [1.165, 1.54) is 12.1 Å². The highest BCUT2D eigenvalue weighted by molar-refractivity contribution is 6.68. The van der Waals surface area contributed by atoms with Crippen molar-refractivity contribution < 1.29 is 14.3 Å². The summed E-state index contributed by atoms with van der Waals surface area (Å²) in [5.41, 5.74) is 0.0851. The summed E-state index contributed by atoms with van der Waals surface area (Å²) in [6, 6.07) is 5.94. The molecule has 1 aromatic rings. The second kappa shape index (κ2) is 5.35. The van der Waals surface area contributed by atoms with Gasteiger partial charge in [-0.3, -0.25) is 4.79 Å². The van der Waals surface area contributed by atoms with Gasteiger partial charge in [-0.05, 0) is 23.7 Å². The molecule has 0 radical (unpaired) electrons. The molecular weight excluding hydrogens is 262 g/mol. The average Bonchev–Trinajstić information content (AvgIpc) is 2.16. The van der Waals surface area contributed by atoms with Crippen molar-refractivity contribution in [1.29, 1.82) is 0 Å². The monoisotopic (exact) mass is 266 g/mol. The molecule has 0 aromatic heterocycles. The van der Waals surface area contributed by atoms with Crippen LogP contribution in [0.25, 0.3) is 0 Å². The van der Waals surface area contributed by atoms with E-state index in [2.05, 4.69) is 4.74 Å². The Balaban J connectivity index is 3.03. The molecule has 0 unspecified atom stereocenters. The summed E-state index contributed by atoms with van der Waals surface area (Å²) in [4.78, 5) is 22.3. The van der Waals surface area contributed by atoms with Gasteiger partial charge >= 0.3 is 5.97 Å². The quantitative estimate of drug-likeness (QED) is 0.480. The van der Waals surface area contributed by atoms with Crippen molar-refractivity contribution >= 4 is 46.0 Å². The number of esters is 1. The third kappa shape index (κ3) is 3.38. The van der Waals surface area contributed by atoms with Gasteiger partial charge in [0.15, 0.2) is 0 Å². The first-order chi connectivity index (χ1) is 7.02. The van der Waals surface area contributed by atoms with Gasteiger partial charge in [0.25, 0.3) is 10.3 Å². The zero-order chi connectivity index (χ0) is 11.4. The smallest absolute Gasteiger partial charge is 0.341 e. The summed E-state index contributed by atoms with van der Waals surface area (Å²) in [7, 11) is 0. The molecule has 0 N–H and O–H groups in total. The van der Waals surface area contributed by atoms with Gasteiger partial charge in [-0.25, -0.2) is 4.79 Å². The maximum absolute atomic E-state index is 11.4. The molecule has 1 aromatic carbocycles. The number of carbonyl (C=O) groups is 2. The van der Waals surface area contributed by atoms with Crippen LogP contribution in [0.2, 0.25) is 0 Å². The minimum atomic E-state index is -1.28. The molecule has 0 saturated carbocycles. The molecule has 0 bridgehead atoms. The standard InChI is InChI=1S/C9H5Cl3O3/c10-7(13)5-3-1-2-4-6(5)8(14)15-9(11)12/h1-4,9H. The van der Waals surface area contributed by atoms with E-state index >= 15 is 0 Å². The number of benzene rings is 1. The van der Waals surface area contributed by atoms with E-state index in [4.69, 9.17) is 34.8 Å². The fourth-order valence-electron chi connectivity index (χ4n) is 0.977. The van der Waals surface area contributed by atoms with Gasteiger partial charge in [-0.2, -0.15) is 0 Å². The van der Waals surface area contributed by atoms with Crippen LogP contribution >= 0.6 is 34.8 Å². The lowest BCUT2D eigenvalue weighted by molar-refractivity contribution is 0.0533. The third-order valence-electron chi connectivity index (χ3n) is 1.55. The Hall–Kier alpha value is -0.770. The van der Waals surface area contributed by atoms with Gasteiger partial charge in [0.1, 0.15) is 0 Å². The molecule has 15 heavy (non-hydrogen) atoms. The van der Waals surface area contributed by atoms with Crippen molar-refractivity contribution in [3.05, 3.63) is 35.4 Å². The largest absolute Gasteiger partial charge is 0.428 e. The minimum absolute atomic E-state index is 0.0313. The molecule has 1 rings (SSSR count). The van der Waals surface area contributed by atoms with E-state index in [9.17, 15) is 9.59 Å². The Morgan fingerprint density at radius 1 is 1.13 bits per heavy atom. The van der Waals surface area contributed by atoms with Gasteiger partial charge in [0.05, 0.1) is 5.56 Å². The van der Waals surface area contributed by atoms with Crippen molar-refractivity contribution in [3.63, 3.8) is 0 Å². The summed E-state index contributed by atoms with van der Waals surface area (Å²) >= 11 is 15.8. The molecule has 6 heteroatoms. The number of halogens is 3. The van der Waals surface area contributed by atoms with E-state index < -0.39 is 16.2 Å². The van der Waals surface area contributed by atoms with Crippen LogP contribution < -0.4 is 0 Å². The van der Waals surface area contributed by atoms with Gasteiger partial charge < -0.3 is 4.74 Å².